The van der Waals surface area contributed by atoms with E-state index in [-0.39, 0.29) is 24.1 Å². The molecule has 0 rings (SSSR count). The Morgan fingerprint density at radius 2 is 2.00 bits per heavy atom. The van der Waals surface area contributed by atoms with E-state index in [1.54, 1.807) is 13.8 Å². The van der Waals surface area contributed by atoms with Crippen LogP contribution in [0.2, 0.25) is 0 Å². The minimum Gasteiger partial charge on any atom is -0.409 e. The number of carbonyl (C=O) groups is 1. The highest BCUT2D eigenvalue weighted by Crippen LogP contribution is 2.10. The third kappa shape index (κ3) is 6.10. The van der Waals surface area contributed by atoms with E-state index < -0.39 is 21.7 Å². The standard InChI is InChI=1S/C9H19N3O4S/c1-6(2)7(8(10)12-14)9(13)11-4-5-17(3,15)16/h6-7,14H,4-5H2,1-3H3,(H2,10,12)(H,11,13). The molecule has 4 N–H and O–H groups in total. The fourth-order valence-electron chi connectivity index (χ4n) is 1.31. The minimum absolute atomic E-state index is 0.0135. The molecule has 0 saturated heterocycles. The summed E-state index contributed by atoms with van der Waals surface area (Å²) in [5.41, 5.74) is 5.40. The van der Waals surface area contributed by atoms with Gasteiger partial charge in [0.15, 0.2) is 5.84 Å². The van der Waals surface area contributed by atoms with Crippen LogP contribution < -0.4 is 11.1 Å². The number of rotatable bonds is 6. The first kappa shape index (κ1) is 15.7. The van der Waals surface area contributed by atoms with Gasteiger partial charge in [-0.05, 0) is 5.92 Å². The van der Waals surface area contributed by atoms with Crippen molar-refractivity contribution in [1.82, 2.24) is 5.32 Å². The molecule has 0 aliphatic carbocycles. The number of nitrogens with zero attached hydrogens (tertiary/aromatic N) is 1. The fraction of sp³-hybridized carbons (Fsp3) is 0.778. The number of hydrogen-bond acceptors (Lipinski definition) is 5. The van der Waals surface area contributed by atoms with Crippen LogP contribution in [0.1, 0.15) is 13.8 Å². The van der Waals surface area contributed by atoms with Crippen LogP contribution in [0.25, 0.3) is 0 Å². The van der Waals surface area contributed by atoms with Crippen LogP contribution in [0.4, 0.5) is 0 Å². The molecule has 0 aromatic carbocycles. The molecule has 0 aromatic heterocycles. The Hall–Kier alpha value is -1.31. The van der Waals surface area contributed by atoms with Crippen LogP contribution in [-0.2, 0) is 14.6 Å². The number of sulfone groups is 1. The van der Waals surface area contributed by atoms with Crippen molar-refractivity contribution in [3.63, 3.8) is 0 Å². The van der Waals surface area contributed by atoms with Gasteiger partial charge in [0.2, 0.25) is 5.91 Å². The highest BCUT2D eigenvalue weighted by molar-refractivity contribution is 7.90. The van der Waals surface area contributed by atoms with E-state index in [1.807, 2.05) is 0 Å². The van der Waals surface area contributed by atoms with E-state index in [2.05, 4.69) is 10.5 Å². The third-order valence-electron chi connectivity index (χ3n) is 2.16. The second kappa shape index (κ2) is 6.43. The van der Waals surface area contributed by atoms with Gasteiger partial charge in [-0.3, -0.25) is 4.79 Å². The lowest BCUT2D eigenvalue weighted by Crippen LogP contribution is -2.43. The molecular weight excluding hydrogens is 246 g/mol. The molecule has 0 bridgehead atoms. The van der Waals surface area contributed by atoms with Crippen LogP contribution in [0.5, 0.6) is 0 Å². The zero-order valence-electron chi connectivity index (χ0n) is 10.2. The molecule has 0 saturated carbocycles. The fourth-order valence-corrected chi connectivity index (χ4v) is 1.78. The number of amides is 1. The molecule has 1 amide bonds. The molecule has 17 heavy (non-hydrogen) atoms. The zero-order chi connectivity index (χ0) is 13.6. The molecule has 7 nitrogen and oxygen atoms in total. The quantitative estimate of drug-likeness (QED) is 0.250. The second-order valence-corrected chi connectivity index (χ2v) is 6.43. The minimum atomic E-state index is -3.12. The van der Waals surface area contributed by atoms with E-state index in [1.165, 1.54) is 0 Å². The first-order chi connectivity index (χ1) is 7.69. The predicted molar refractivity (Wildman–Crippen MR) is 64.5 cm³/mol. The lowest BCUT2D eigenvalue weighted by molar-refractivity contribution is -0.123. The molecule has 0 aliphatic heterocycles. The van der Waals surface area contributed by atoms with E-state index in [4.69, 9.17) is 10.9 Å². The Morgan fingerprint density at radius 1 is 1.47 bits per heavy atom. The molecule has 8 heteroatoms. The molecular formula is C9H19N3O4S. The summed E-state index contributed by atoms with van der Waals surface area (Å²) in [5, 5.41) is 13.8. The van der Waals surface area contributed by atoms with Gasteiger partial charge < -0.3 is 16.3 Å². The Balaban J connectivity index is 4.46. The molecule has 0 aliphatic rings. The van der Waals surface area contributed by atoms with Gasteiger partial charge >= 0.3 is 0 Å². The highest BCUT2D eigenvalue weighted by Gasteiger charge is 2.26. The lowest BCUT2D eigenvalue weighted by Gasteiger charge is -2.18. The summed E-state index contributed by atoms with van der Waals surface area (Å²) in [5.74, 6) is -1.68. The maximum Gasteiger partial charge on any atom is 0.231 e. The number of amidine groups is 1. The summed E-state index contributed by atoms with van der Waals surface area (Å²) in [6.45, 7) is 3.51. The van der Waals surface area contributed by atoms with Gasteiger partial charge in [-0.15, -0.1) is 0 Å². The number of hydrogen-bond donors (Lipinski definition) is 3. The normalized spacial score (nSPS) is 14.7. The SMILES string of the molecule is CC(C)C(C(=O)NCCS(C)(=O)=O)C(N)=NO. The van der Waals surface area contributed by atoms with Gasteiger partial charge in [0, 0.05) is 12.8 Å². The van der Waals surface area contributed by atoms with E-state index in [9.17, 15) is 13.2 Å². The largest absolute Gasteiger partial charge is 0.409 e. The van der Waals surface area contributed by atoms with Gasteiger partial charge in [-0.1, -0.05) is 19.0 Å². The van der Waals surface area contributed by atoms with Crippen LogP contribution in [0.3, 0.4) is 0 Å². The van der Waals surface area contributed by atoms with Gasteiger partial charge in [0.05, 0.1) is 5.75 Å². The first-order valence-corrected chi connectivity index (χ1v) is 7.18. The van der Waals surface area contributed by atoms with Crippen molar-refractivity contribution in [3.8, 4) is 0 Å². The van der Waals surface area contributed by atoms with Crippen LogP contribution >= 0.6 is 0 Å². The number of carbonyl (C=O) groups excluding carboxylic acids is 1. The average Bonchev–Trinajstić information content (AvgIpc) is 2.14. The number of nitrogens with two attached hydrogens (primary N) is 1. The molecule has 0 heterocycles. The lowest BCUT2D eigenvalue weighted by atomic mass is 9.94. The zero-order valence-corrected chi connectivity index (χ0v) is 11.0. The number of nitrogens with one attached hydrogen (secondary N) is 1. The average molecular weight is 265 g/mol. The van der Waals surface area contributed by atoms with Crippen molar-refractivity contribution >= 4 is 21.6 Å². The van der Waals surface area contributed by atoms with E-state index in [0.717, 1.165) is 6.26 Å². The summed E-state index contributed by atoms with van der Waals surface area (Å²) >= 11 is 0. The van der Waals surface area contributed by atoms with Crippen molar-refractivity contribution in [2.24, 2.45) is 22.7 Å². The Morgan fingerprint density at radius 3 is 2.35 bits per heavy atom. The summed E-state index contributed by atoms with van der Waals surface area (Å²) in [6, 6.07) is 0. The molecule has 0 spiro atoms. The maximum atomic E-state index is 11.7. The van der Waals surface area contributed by atoms with Gasteiger partial charge in [0.25, 0.3) is 0 Å². The van der Waals surface area contributed by atoms with Gasteiger partial charge in [-0.25, -0.2) is 8.42 Å². The Bertz CT molecular complexity index is 389. The smallest absolute Gasteiger partial charge is 0.231 e. The van der Waals surface area contributed by atoms with E-state index >= 15 is 0 Å². The topological polar surface area (TPSA) is 122 Å². The predicted octanol–water partition coefficient (Wildman–Crippen LogP) is -0.834. The Labute approximate surface area is 101 Å². The molecule has 0 radical (unpaired) electrons. The van der Waals surface area contributed by atoms with Crippen LogP contribution in [-0.4, -0.2) is 43.9 Å². The summed E-state index contributed by atoms with van der Waals surface area (Å²) < 4.78 is 21.7. The first-order valence-electron chi connectivity index (χ1n) is 5.12. The molecule has 1 atom stereocenters. The molecule has 100 valence electrons. The van der Waals surface area contributed by atoms with Gasteiger partial charge in [-0.2, -0.15) is 0 Å². The van der Waals surface area contributed by atoms with Crippen LogP contribution in [0.15, 0.2) is 5.16 Å². The summed E-state index contributed by atoms with van der Waals surface area (Å²) in [7, 11) is -3.12. The van der Waals surface area contributed by atoms with Gasteiger partial charge in [0.1, 0.15) is 15.8 Å². The summed E-state index contributed by atoms with van der Waals surface area (Å²) in [6.07, 6.45) is 1.09. The van der Waals surface area contributed by atoms with Crippen molar-refractivity contribution in [2.45, 2.75) is 13.8 Å². The monoisotopic (exact) mass is 265 g/mol. The third-order valence-corrected chi connectivity index (χ3v) is 3.10. The van der Waals surface area contributed by atoms with E-state index in [0.29, 0.717) is 0 Å². The van der Waals surface area contributed by atoms with Crippen molar-refractivity contribution in [1.29, 1.82) is 0 Å². The molecule has 0 fully saturated rings. The van der Waals surface area contributed by atoms with Crippen molar-refractivity contribution in [2.75, 3.05) is 18.6 Å². The molecule has 0 aromatic rings. The van der Waals surface area contributed by atoms with Crippen LogP contribution in [0, 0.1) is 11.8 Å². The maximum absolute atomic E-state index is 11.7. The molecule has 1 unspecified atom stereocenters. The second-order valence-electron chi connectivity index (χ2n) is 4.17. The van der Waals surface area contributed by atoms with Crippen molar-refractivity contribution in [3.05, 3.63) is 0 Å². The highest BCUT2D eigenvalue weighted by atomic mass is 32.2. The number of oxime groups is 1. The van der Waals surface area contributed by atoms with Crippen molar-refractivity contribution < 1.29 is 18.4 Å². The summed E-state index contributed by atoms with van der Waals surface area (Å²) in [4.78, 5) is 11.7. The Kier molecular flexibility index (Phi) is 5.94.